The Morgan fingerprint density at radius 3 is 2.22 bits per heavy atom. The summed E-state index contributed by atoms with van der Waals surface area (Å²) in [5, 5.41) is 0. The van der Waals surface area contributed by atoms with Crippen LogP contribution in [0, 0.1) is 0 Å². The molecule has 108 valence electrons. The molecule has 0 aliphatic heterocycles. The van der Waals surface area contributed by atoms with Crippen LogP contribution in [-0.4, -0.2) is 25.8 Å². The Labute approximate surface area is 112 Å². The van der Waals surface area contributed by atoms with Gasteiger partial charge < -0.3 is 9.47 Å². The maximum atomic E-state index is 11.3. The van der Waals surface area contributed by atoms with Crippen molar-refractivity contribution in [3.8, 4) is 0 Å². The molecule has 0 heterocycles. The monoisotopic (exact) mass is 258 g/mol. The van der Waals surface area contributed by atoms with E-state index in [4.69, 9.17) is 9.47 Å². The molecular weight excluding hydrogens is 228 g/mol. The van der Waals surface area contributed by atoms with E-state index in [-0.39, 0.29) is 5.97 Å². The summed E-state index contributed by atoms with van der Waals surface area (Å²) in [5.74, 6) is -0.0555. The van der Waals surface area contributed by atoms with Crippen LogP contribution in [0.5, 0.6) is 0 Å². The molecule has 0 radical (unpaired) electrons. The van der Waals surface area contributed by atoms with Crippen LogP contribution in [0.2, 0.25) is 0 Å². The second-order valence-corrected chi connectivity index (χ2v) is 4.64. The van der Waals surface area contributed by atoms with Crippen molar-refractivity contribution in [3.63, 3.8) is 0 Å². The minimum atomic E-state index is -0.0555. The van der Waals surface area contributed by atoms with Crippen LogP contribution in [0.4, 0.5) is 0 Å². The first-order valence-electron chi connectivity index (χ1n) is 7.54. The van der Waals surface area contributed by atoms with Crippen molar-refractivity contribution < 1.29 is 14.3 Å². The quantitative estimate of drug-likeness (QED) is 0.368. The normalized spacial score (nSPS) is 10.6. The van der Waals surface area contributed by atoms with E-state index in [0.717, 1.165) is 32.5 Å². The lowest BCUT2D eigenvalue weighted by Gasteiger charge is -2.05. The third kappa shape index (κ3) is 13.5. The van der Waals surface area contributed by atoms with E-state index in [1.807, 2.05) is 6.92 Å². The fourth-order valence-corrected chi connectivity index (χ4v) is 1.76. The molecule has 18 heavy (non-hydrogen) atoms. The zero-order chi connectivity index (χ0) is 13.5. The fourth-order valence-electron chi connectivity index (χ4n) is 1.76. The van der Waals surface area contributed by atoms with Crippen LogP contribution in [0.15, 0.2) is 0 Å². The van der Waals surface area contributed by atoms with E-state index in [1.165, 1.54) is 32.1 Å². The molecule has 0 spiro atoms. The summed E-state index contributed by atoms with van der Waals surface area (Å²) >= 11 is 0. The van der Waals surface area contributed by atoms with Crippen molar-refractivity contribution in [2.45, 2.75) is 71.6 Å². The van der Waals surface area contributed by atoms with Gasteiger partial charge >= 0.3 is 5.97 Å². The summed E-state index contributed by atoms with van der Waals surface area (Å²) in [5.41, 5.74) is 0. The van der Waals surface area contributed by atoms with Crippen LogP contribution in [0.3, 0.4) is 0 Å². The summed E-state index contributed by atoms with van der Waals surface area (Å²) in [4.78, 5) is 11.3. The average molecular weight is 258 g/mol. The van der Waals surface area contributed by atoms with E-state index >= 15 is 0 Å². The molecule has 0 atom stereocenters. The molecule has 0 saturated carbocycles. The largest absolute Gasteiger partial charge is 0.466 e. The highest BCUT2D eigenvalue weighted by Crippen LogP contribution is 2.05. The molecule has 0 fully saturated rings. The van der Waals surface area contributed by atoms with Crippen molar-refractivity contribution in [1.29, 1.82) is 0 Å². The fraction of sp³-hybridized carbons (Fsp3) is 0.933. The van der Waals surface area contributed by atoms with Gasteiger partial charge in [-0.2, -0.15) is 0 Å². The lowest BCUT2D eigenvalue weighted by molar-refractivity contribution is -0.143. The van der Waals surface area contributed by atoms with Crippen molar-refractivity contribution in [3.05, 3.63) is 0 Å². The standard InChI is InChI=1S/C15H30O3/c1-3-5-6-7-8-10-14-18-15(16)12-9-11-13-17-4-2/h3-14H2,1-2H3. The van der Waals surface area contributed by atoms with Crippen LogP contribution < -0.4 is 0 Å². The number of ether oxygens (including phenoxy) is 2. The summed E-state index contributed by atoms with van der Waals surface area (Å²) in [6.45, 7) is 6.29. The lowest BCUT2D eigenvalue weighted by atomic mass is 10.1. The van der Waals surface area contributed by atoms with Crippen molar-refractivity contribution >= 4 is 5.97 Å². The van der Waals surface area contributed by atoms with Gasteiger partial charge in [0.25, 0.3) is 0 Å². The van der Waals surface area contributed by atoms with E-state index in [2.05, 4.69) is 6.92 Å². The number of hydrogen-bond donors (Lipinski definition) is 0. The molecule has 0 saturated heterocycles. The Hall–Kier alpha value is -0.570. The minimum absolute atomic E-state index is 0.0555. The van der Waals surface area contributed by atoms with Crippen molar-refractivity contribution in [1.82, 2.24) is 0 Å². The molecule has 0 aromatic carbocycles. The van der Waals surface area contributed by atoms with Gasteiger partial charge in [0.05, 0.1) is 6.61 Å². The molecule has 0 aromatic rings. The summed E-state index contributed by atoms with van der Waals surface area (Å²) in [6, 6.07) is 0. The molecular formula is C15H30O3. The van der Waals surface area contributed by atoms with E-state index in [0.29, 0.717) is 13.0 Å². The number of carbonyl (C=O) groups is 1. The van der Waals surface area contributed by atoms with Crippen molar-refractivity contribution in [2.24, 2.45) is 0 Å². The summed E-state index contributed by atoms with van der Waals surface area (Å²) < 4.78 is 10.4. The number of hydrogen-bond acceptors (Lipinski definition) is 3. The molecule has 0 aromatic heterocycles. The maximum absolute atomic E-state index is 11.3. The van der Waals surface area contributed by atoms with Crippen LogP contribution in [0.25, 0.3) is 0 Å². The molecule has 0 aliphatic rings. The van der Waals surface area contributed by atoms with Crippen LogP contribution >= 0.6 is 0 Å². The van der Waals surface area contributed by atoms with Gasteiger partial charge in [-0.05, 0) is 26.2 Å². The van der Waals surface area contributed by atoms with E-state index < -0.39 is 0 Å². The molecule has 0 bridgehead atoms. The SMILES string of the molecule is CCCCCCCCOC(=O)CCCCOCC. The Morgan fingerprint density at radius 1 is 0.833 bits per heavy atom. The Balaban J connectivity index is 3.12. The second-order valence-electron chi connectivity index (χ2n) is 4.64. The van der Waals surface area contributed by atoms with Gasteiger partial charge in [0, 0.05) is 19.6 Å². The zero-order valence-corrected chi connectivity index (χ0v) is 12.2. The van der Waals surface area contributed by atoms with Gasteiger partial charge in [-0.15, -0.1) is 0 Å². The molecule has 0 amide bonds. The van der Waals surface area contributed by atoms with Gasteiger partial charge in [0.2, 0.25) is 0 Å². The third-order valence-electron chi connectivity index (χ3n) is 2.88. The lowest BCUT2D eigenvalue weighted by Crippen LogP contribution is -2.06. The minimum Gasteiger partial charge on any atom is -0.466 e. The first kappa shape index (κ1) is 17.4. The Morgan fingerprint density at radius 2 is 1.50 bits per heavy atom. The van der Waals surface area contributed by atoms with Gasteiger partial charge in [-0.1, -0.05) is 39.0 Å². The molecule has 0 rings (SSSR count). The third-order valence-corrected chi connectivity index (χ3v) is 2.88. The highest BCUT2D eigenvalue weighted by molar-refractivity contribution is 5.69. The molecule has 0 aliphatic carbocycles. The molecule has 0 N–H and O–H groups in total. The highest BCUT2D eigenvalue weighted by atomic mass is 16.5. The maximum Gasteiger partial charge on any atom is 0.305 e. The summed E-state index contributed by atoms with van der Waals surface area (Å²) in [7, 11) is 0. The molecule has 3 heteroatoms. The van der Waals surface area contributed by atoms with Gasteiger partial charge in [-0.25, -0.2) is 0 Å². The number of carbonyl (C=O) groups excluding carboxylic acids is 1. The molecule has 3 nitrogen and oxygen atoms in total. The number of unbranched alkanes of at least 4 members (excludes halogenated alkanes) is 6. The zero-order valence-electron chi connectivity index (χ0n) is 12.2. The van der Waals surface area contributed by atoms with Crippen molar-refractivity contribution in [2.75, 3.05) is 19.8 Å². The van der Waals surface area contributed by atoms with E-state index in [9.17, 15) is 4.79 Å². The summed E-state index contributed by atoms with van der Waals surface area (Å²) in [6.07, 6.45) is 9.70. The average Bonchev–Trinajstić information content (AvgIpc) is 2.37. The highest BCUT2D eigenvalue weighted by Gasteiger charge is 2.02. The van der Waals surface area contributed by atoms with E-state index in [1.54, 1.807) is 0 Å². The Bertz CT molecular complexity index is 181. The van der Waals surface area contributed by atoms with Gasteiger partial charge in [0.1, 0.15) is 0 Å². The van der Waals surface area contributed by atoms with Gasteiger partial charge in [0.15, 0.2) is 0 Å². The topological polar surface area (TPSA) is 35.5 Å². The smallest absolute Gasteiger partial charge is 0.305 e. The first-order valence-corrected chi connectivity index (χ1v) is 7.54. The molecule has 0 unspecified atom stereocenters. The number of esters is 1. The second kappa shape index (κ2) is 14.5. The Kier molecular flexibility index (Phi) is 14.0. The van der Waals surface area contributed by atoms with Crippen LogP contribution in [-0.2, 0) is 14.3 Å². The first-order chi connectivity index (χ1) is 8.81. The number of rotatable bonds is 13. The van der Waals surface area contributed by atoms with Crippen LogP contribution in [0.1, 0.15) is 71.6 Å². The predicted octanol–water partition coefficient (Wildman–Crippen LogP) is 4.10. The van der Waals surface area contributed by atoms with Gasteiger partial charge in [-0.3, -0.25) is 4.79 Å². The predicted molar refractivity (Wildman–Crippen MR) is 74.7 cm³/mol.